The van der Waals surface area contributed by atoms with Gasteiger partial charge < -0.3 is 21.1 Å². The average Bonchev–Trinajstić information content (AvgIpc) is 3.61. The maximum atomic E-state index is 13.4. The molecule has 1 heterocycles. The molecule has 2 amide bonds. The molecule has 2 aliphatic carbocycles. The smallest absolute Gasteiger partial charge is 0.252 e. The van der Waals surface area contributed by atoms with Crippen LogP contribution in [0.15, 0.2) is 48.5 Å². The van der Waals surface area contributed by atoms with Gasteiger partial charge in [-0.15, -0.1) is 0 Å². The van der Waals surface area contributed by atoms with Crippen LogP contribution in [0, 0.1) is 5.41 Å². The van der Waals surface area contributed by atoms with Gasteiger partial charge >= 0.3 is 0 Å². The van der Waals surface area contributed by atoms with Crippen LogP contribution < -0.4 is 16.0 Å². The average molecular weight is 518 g/mol. The number of amides is 2. The Morgan fingerprint density at radius 1 is 1.03 bits per heavy atom. The van der Waals surface area contributed by atoms with Crippen LogP contribution in [0.5, 0.6) is 0 Å². The third-order valence-electron chi connectivity index (χ3n) is 9.10. The van der Waals surface area contributed by atoms with Crippen LogP contribution in [-0.2, 0) is 11.2 Å². The lowest BCUT2D eigenvalue weighted by Crippen LogP contribution is -2.51. The van der Waals surface area contributed by atoms with E-state index in [2.05, 4.69) is 35.6 Å². The van der Waals surface area contributed by atoms with E-state index in [9.17, 15) is 14.7 Å². The molecule has 2 aromatic rings. The highest BCUT2D eigenvalue weighted by Gasteiger charge is 2.36. The maximum Gasteiger partial charge on any atom is 0.252 e. The van der Waals surface area contributed by atoms with Gasteiger partial charge in [0.25, 0.3) is 5.91 Å². The standard InChI is InChI=1S/C32H43N3O3/c33-30(28(36)22-32(15-7-2-8-16-32)21-23-10-3-1-4-11-23)34-31(38)26-18-25(24-12-5-6-13-24)19-27(20-26)35-17-9-14-29(35)37/h1,3-4,10-11,18-20,24,28,30,36H,2,5-9,12-17,21-22,33H2,(H,34,38). The van der Waals surface area contributed by atoms with Crippen LogP contribution in [0.4, 0.5) is 5.69 Å². The zero-order valence-electron chi connectivity index (χ0n) is 22.5. The molecule has 6 heteroatoms. The Morgan fingerprint density at radius 3 is 2.45 bits per heavy atom. The molecule has 1 saturated heterocycles. The second-order valence-electron chi connectivity index (χ2n) is 11.9. The number of nitrogens with two attached hydrogens (primary N) is 1. The van der Waals surface area contributed by atoms with E-state index >= 15 is 0 Å². The fourth-order valence-corrected chi connectivity index (χ4v) is 7.02. The number of rotatable bonds is 9. The van der Waals surface area contributed by atoms with Crippen LogP contribution >= 0.6 is 0 Å². The number of aliphatic hydroxyl groups excluding tert-OH is 1. The molecule has 0 bridgehead atoms. The number of hydrogen-bond acceptors (Lipinski definition) is 4. The Morgan fingerprint density at radius 2 is 1.76 bits per heavy atom. The first kappa shape index (κ1) is 26.9. The molecular weight excluding hydrogens is 474 g/mol. The summed E-state index contributed by atoms with van der Waals surface area (Å²) < 4.78 is 0. The van der Waals surface area contributed by atoms with Crippen LogP contribution in [0.1, 0.15) is 104 Å². The van der Waals surface area contributed by atoms with Gasteiger partial charge in [-0.3, -0.25) is 9.59 Å². The summed E-state index contributed by atoms with van der Waals surface area (Å²) in [7, 11) is 0. The fraction of sp³-hybridized carbons (Fsp3) is 0.562. The number of nitrogens with zero attached hydrogens (tertiary/aromatic N) is 1. The summed E-state index contributed by atoms with van der Waals surface area (Å²) >= 11 is 0. The van der Waals surface area contributed by atoms with Crippen molar-refractivity contribution < 1.29 is 14.7 Å². The van der Waals surface area contributed by atoms with E-state index < -0.39 is 12.3 Å². The van der Waals surface area contributed by atoms with E-state index in [0.29, 0.717) is 30.9 Å². The molecule has 3 aliphatic rings. The van der Waals surface area contributed by atoms with Crippen molar-refractivity contribution in [2.75, 3.05) is 11.4 Å². The molecule has 0 spiro atoms. The van der Waals surface area contributed by atoms with Crippen molar-refractivity contribution in [3.05, 3.63) is 65.2 Å². The Balaban J connectivity index is 1.30. The summed E-state index contributed by atoms with van der Waals surface area (Å²) in [5, 5.41) is 14.1. The summed E-state index contributed by atoms with van der Waals surface area (Å²) in [5.74, 6) is 0.246. The van der Waals surface area contributed by atoms with E-state index in [0.717, 1.165) is 62.6 Å². The van der Waals surface area contributed by atoms with Crippen LogP contribution in [0.25, 0.3) is 0 Å². The zero-order valence-corrected chi connectivity index (χ0v) is 22.5. The highest BCUT2D eigenvalue weighted by molar-refractivity contribution is 5.99. The SMILES string of the molecule is NC(NC(=O)c1cc(C2CCCC2)cc(N2CCCC2=O)c1)C(O)CC1(Cc2ccccc2)CCCCC1. The molecule has 6 nitrogen and oxygen atoms in total. The monoisotopic (exact) mass is 517 g/mol. The summed E-state index contributed by atoms with van der Waals surface area (Å²) in [5.41, 5.74) is 10.1. The summed E-state index contributed by atoms with van der Waals surface area (Å²) in [6.07, 6.45) is 11.5. The molecule has 0 aromatic heterocycles. The predicted octanol–water partition coefficient (Wildman–Crippen LogP) is 5.43. The lowest BCUT2D eigenvalue weighted by molar-refractivity contribution is -0.117. The topological polar surface area (TPSA) is 95.7 Å². The first-order chi connectivity index (χ1) is 18.4. The van der Waals surface area contributed by atoms with E-state index in [4.69, 9.17) is 5.73 Å². The molecule has 1 aliphatic heterocycles. The summed E-state index contributed by atoms with van der Waals surface area (Å²) in [4.78, 5) is 27.7. The van der Waals surface area contributed by atoms with Gasteiger partial charge in [0.15, 0.2) is 0 Å². The van der Waals surface area contributed by atoms with Gasteiger partial charge in [-0.1, -0.05) is 62.4 Å². The number of carbonyl (C=O) groups excluding carboxylic acids is 2. The molecule has 2 unspecified atom stereocenters. The van der Waals surface area contributed by atoms with Crippen molar-refractivity contribution in [3.8, 4) is 0 Å². The van der Waals surface area contributed by atoms with Crippen LogP contribution in [-0.4, -0.2) is 35.7 Å². The first-order valence-corrected chi connectivity index (χ1v) is 14.7. The van der Waals surface area contributed by atoms with Gasteiger partial charge in [0, 0.05) is 24.2 Å². The van der Waals surface area contributed by atoms with E-state index in [1.807, 2.05) is 18.2 Å². The number of benzene rings is 2. The second-order valence-corrected chi connectivity index (χ2v) is 11.9. The molecular formula is C32H43N3O3. The molecule has 204 valence electrons. The maximum absolute atomic E-state index is 13.4. The molecule has 0 radical (unpaired) electrons. The third kappa shape index (κ3) is 6.29. The molecule has 2 saturated carbocycles. The number of anilines is 1. The molecule has 2 atom stereocenters. The summed E-state index contributed by atoms with van der Waals surface area (Å²) in [6.45, 7) is 0.690. The molecule has 38 heavy (non-hydrogen) atoms. The van der Waals surface area contributed by atoms with Gasteiger partial charge in [-0.2, -0.15) is 0 Å². The second kappa shape index (κ2) is 12.0. The van der Waals surface area contributed by atoms with E-state index in [1.165, 1.54) is 24.8 Å². The minimum atomic E-state index is -0.857. The molecule has 3 fully saturated rings. The minimum absolute atomic E-state index is 0.00690. The Bertz CT molecular complexity index is 1110. The lowest BCUT2D eigenvalue weighted by Gasteiger charge is -2.40. The quantitative estimate of drug-likeness (QED) is 0.387. The highest BCUT2D eigenvalue weighted by Crippen LogP contribution is 2.43. The fourth-order valence-electron chi connectivity index (χ4n) is 7.02. The van der Waals surface area contributed by atoms with E-state index in [1.54, 1.807) is 4.90 Å². The molecule has 5 rings (SSSR count). The van der Waals surface area contributed by atoms with Gasteiger partial charge in [-0.25, -0.2) is 0 Å². The lowest BCUT2D eigenvalue weighted by atomic mass is 9.67. The van der Waals surface area contributed by atoms with Crippen molar-refractivity contribution in [1.29, 1.82) is 0 Å². The van der Waals surface area contributed by atoms with Crippen molar-refractivity contribution in [3.63, 3.8) is 0 Å². The molecule has 2 aromatic carbocycles. The van der Waals surface area contributed by atoms with Gasteiger partial charge in [-0.05, 0) is 85.6 Å². The summed E-state index contributed by atoms with van der Waals surface area (Å²) in [6, 6.07) is 16.4. The highest BCUT2D eigenvalue weighted by atomic mass is 16.3. The van der Waals surface area contributed by atoms with Gasteiger partial charge in [0.1, 0.15) is 6.17 Å². The number of nitrogens with one attached hydrogen (secondary N) is 1. The van der Waals surface area contributed by atoms with Crippen molar-refractivity contribution in [2.45, 2.75) is 102 Å². The van der Waals surface area contributed by atoms with E-state index in [-0.39, 0.29) is 17.2 Å². The van der Waals surface area contributed by atoms with Crippen molar-refractivity contribution >= 4 is 17.5 Å². The molecule has 4 N–H and O–H groups in total. The largest absolute Gasteiger partial charge is 0.390 e. The van der Waals surface area contributed by atoms with Gasteiger partial charge in [0.05, 0.1) is 6.10 Å². The Labute approximate surface area is 227 Å². The van der Waals surface area contributed by atoms with Crippen molar-refractivity contribution in [1.82, 2.24) is 5.32 Å². The zero-order chi connectivity index (χ0) is 26.5. The number of carbonyl (C=O) groups is 2. The van der Waals surface area contributed by atoms with Gasteiger partial charge in [0.2, 0.25) is 5.91 Å². The number of hydrogen-bond donors (Lipinski definition) is 3. The first-order valence-electron chi connectivity index (χ1n) is 14.7. The van der Waals surface area contributed by atoms with Crippen LogP contribution in [0.3, 0.4) is 0 Å². The normalized spacial score (nSPS) is 21.4. The van der Waals surface area contributed by atoms with Crippen LogP contribution in [0.2, 0.25) is 0 Å². The predicted molar refractivity (Wildman–Crippen MR) is 151 cm³/mol. The third-order valence-corrected chi connectivity index (χ3v) is 9.10. The minimum Gasteiger partial charge on any atom is -0.390 e. The number of aliphatic hydroxyl groups is 1. The Hall–Kier alpha value is -2.70. The van der Waals surface area contributed by atoms with Crippen molar-refractivity contribution in [2.24, 2.45) is 11.1 Å². The Kier molecular flexibility index (Phi) is 8.49.